The molecule has 0 amide bonds. The predicted molar refractivity (Wildman–Crippen MR) is 68.3 cm³/mol. The Kier molecular flexibility index (Phi) is 2.83. The average molecular weight is 256 g/mol. The van der Waals surface area contributed by atoms with Crippen molar-refractivity contribution in [2.24, 2.45) is 0 Å². The molecule has 1 N–H and O–H groups in total. The molecule has 0 bridgehead atoms. The van der Waals surface area contributed by atoms with Gasteiger partial charge in [0, 0.05) is 0 Å². The zero-order chi connectivity index (χ0) is 13.2. The number of carboxylic acid groups (broad SMARTS) is 1. The molecule has 0 saturated heterocycles. The van der Waals surface area contributed by atoms with Gasteiger partial charge in [-0.1, -0.05) is 42.5 Å². The molecular formula is C15H12O4. The van der Waals surface area contributed by atoms with Crippen molar-refractivity contribution in [3.05, 3.63) is 60.2 Å². The van der Waals surface area contributed by atoms with Crippen LogP contribution in [0.2, 0.25) is 0 Å². The Hall–Kier alpha value is -2.49. The van der Waals surface area contributed by atoms with Crippen LogP contribution in [0.25, 0.3) is 0 Å². The second-order valence-corrected chi connectivity index (χ2v) is 4.27. The molecule has 96 valence electrons. The third-order valence-corrected chi connectivity index (χ3v) is 3.00. The van der Waals surface area contributed by atoms with E-state index in [0.29, 0.717) is 11.5 Å². The standard InChI is InChI=1S/C15H12O4/c16-15(17)14-13(10-6-2-1-3-7-10)18-11-8-4-5-9-12(11)19-14/h1-9,13-14H,(H,16,17)/t13-,14+/m1/s1. The van der Waals surface area contributed by atoms with E-state index in [1.54, 1.807) is 18.2 Å². The lowest BCUT2D eigenvalue weighted by Crippen LogP contribution is -2.39. The highest BCUT2D eigenvalue weighted by atomic mass is 16.6. The third-order valence-electron chi connectivity index (χ3n) is 3.00. The first-order valence-electron chi connectivity index (χ1n) is 5.96. The number of fused-ring (bicyclic) bond motifs is 1. The molecule has 1 aliphatic rings. The van der Waals surface area contributed by atoms with Crippen molar-refractivity contribution in [3.63, 3.8) is 0 Å². The Balaban J connectivity index is 2.01. The van der Waals surface area contributed by atoms with Gasteiger partial charge in [0.1, 0.15) is 0 Å². The van der Waals surface area contributed by atoms with Crippen molar-refractivity contribution in [2.75, 3.05) is 0 Å². The molecule has 2 aromatic rings. The lowest BCUT2D eigenvalue weighted by atomic mass is 10.0. The Bertz CT molecular complexity index is 594. The number of hydrogen-bond donors (Lipinski definition) is 1. The zero-order valence-electron chi connectivity index (χ0n) is 10.0. The van der Waals surface area contributed by atoms with Gasteiger partial charge in [-0.05, 0) is 17.7 Å². The van der Waals surface area contributed by atoms with Crippen molar-refractivity contribution >= 4 is 5.97 Å². The van der Waals surface area contributed by atoms with E-state index in [-0.39, 0.29) is 0 Å². The normalized spacial score (nSPS) is 20.8. The van der Waals surface area contributed by atoms with Crippen LogP contribution >= 0.6 is 0 Å². The van der Waals surface area contributed by atoms with Crippen LogP contribution in [0, 0.1) is 0 Å². The van der Waals surface area contributed by atoms with E-state index >= 15 is 0 Å². The molecule has 1 aliphatic heterocycles. The summed E-state index contributed by atoms with van der Waals surface area (Å²) in [5.41, 5.74) is 0.782. The van der Waals surface area contributed by atoms with Gasteiger partial charge in [-0.2, -0.15) is 0 Å². The summed E-state index contributed by atoms with van der Waals surface area (Å²) in [5.74, 6) is -0.0145. The highest BCUT2D eigenvalue weighted by Crippen LogP contribution is 2.39. The lowest BCUT2D eigenvalue weighted by molar-refractivity contribution is -0.151. The monoisotopic (exact) mass is 256 g/mol. The topological polar surface area (TPSA) is 55.8 Å². The van der Waals surface area contributed by atoms with Crippen molar-refractivity contribution in [2.45, 2.75) is 12.2 Å². The number of para-hydroxylation sites is 2. The number of ether oxygens (including phenoxy) is 2. The van der Waals surface area contributed by atoms with Crippen LogP contribution in [0.5, 0.6) is 11.5 Å². The molecule has 4 nitrogen and oxygen atoms in total. The van der Waals surface area contributed by atoms with Crippen molar-refractivity contribution < 1.29 is 19.4 Å². The minimum Gasteiger partial charge on any atom is -0.478 e. The van der Waals surface area contributed by atoms with Gasteiger partial charge >= 0.3 is 5.97 Å². The fraction of sp³-hybridized carbons (Fsp3) is 0.133. The minimum atomic E-state index is -1.04. The molecule has 3 rings (SSSR count). The van der Waals surface area contributed by atoms with Gasteiger partial charge in [0.2, 0.25) is 6.10 Å². The SMILES string of the molecule is O=C(O)[C@H]1Oc2ccccc2O[C@@H]1c1ccccc1. The van der Waals surface area contributed by atoms with Gasteiger partial charge in [0.15, 0.2) is 17.6 Å². The second-order valence-electron chi connectivity index (χ2n) is 4.27. The molecule has 0 fully saturated rings. The molecule has 0 spiro atoms. The van der Waals surface area contributed by atoms with E-state index < -0.39 is 18.2 Å². The average Bonchev–Trinajstić information content (AvgIpc) is 2.46. The fourth-order valence-corrected chi connectivity index (χ4v) is 2.11. The Morgan fingerprint density at radius 2 is 1.47 bits per heavy atom. The summed E-state index contributed by atoms with van der Waals surface area (Å²) in [6.07, 6.45) is -1.69. The molecule has 0 saturated carbocycles. The van der Waals surface area contributed by atoms with Gasteiger partial charge in [-0.15, -0.1) is 0 Å². The number of benzene rings is 2. The largest absolute Gasteiger partial charge is 0.478 e. The van der Waals surface area contributed by atoms with Crippen LogP contribution < -0.4 is 9.47 Å². The third kappa shape index (κ3) is 2.12. The molecule has 4 heteroatoms. The summed E-state index contributed by atoms with van der Waals surface area (Å²) in [4.78, 5) is 11.3. The maximum atomic E-state index is 11.3. The van der Waals surface area contributed by atoms with Gasteiger partial charge < -0.3 is 14.6 Å². The summed E-state index contributed by atoms with van der Waals surface area (Å²) in [7, 11) is 0. The number of aliphatic carboxylic acids is 1. The molecule has 19 heavy (non-hydrogen) atoms. The number of hydrogen-bond acceptors (Lipinski definition) is 3. The fourth-order valence-electron chi connectivity index (χ4n) is 2.11. The number of carboxylic acids is 1. The number of rotatable bonds is 2. The lowest BCUT2D eigenvalue weighted by Gasteiger charge is -2.31. The van der Waals surface area contributed by atoms with Gasteiger partial charge in [0.25, 0.3) is 0 Å². The zero-order valence-corrected chi connectivity index (χ0v) is 10.0. The van der Waals surface area contributed by atoms with Crippen molar-refractivity contribution in [1.82, 2.24) is 0 Å². The summed E-state index contributed by atoms with van der Waals surface area (Å²) in [6, 6.07) is 16.3. The first-order valence-corrected chi connectivity index (χ1v) is 5.96. The van der Waals surface area contributed by atoms with Crippen molar-refractivity contribution in [3.8, 4) is 11.5 Å². The quantitative estimate of drug-likeness (QED) is 0.897. The van der Waals surface area contributed by atoms with E-state index in [1.807, 2.05) is 36.4 Å². The van der Waals surface area contributed by atoms with Gasteiger partial charge in [0.05, 0.1) is 0 Å². The van der Waals surface area contributed by atoms with Crippen LogP contribution in [0.1, 0.15) is 11.7 Å². The van der Waals surface area contributed by atoms with Crippen LogP contribution in [0.15, 0.2) is 54.6 Å². The maximum absolute atomic E-state index is 11.3. The molecule has 2 aromatic carbocycles. The first-order chi connectivity index (χ1) is 9.25. The highest BCUT2D eigenvalue weighted by molar-refractivity contribution is 5.74. The highest BCUT2D eigenvalue weighted by Gasteiger charge is 2.37. The molecule has 0 radical (unpaired) electrons. The van der Waals surface area contributed by atoms with Crippen LogP contribution in [-0.4, -0.2) is 17.2 Å². The Morgan fingerprint density at radius 3 is 2.11 bits per heavy atom. The summed E-state index contributed by atoms with van der Waals surface area (Å²) in [5, 5.41) is 9.29. The van der Waals surface area contributed by atoms with E-state index in [2.05, 4.69) is 0 Å². The summed E-state index contributed by atoms with van der Waals surface area (Å²) in [6.45, 7) is 0. The minimum absolute atomic E-state index is 0.460. The van der Waals surface area contributed by atoms with E-state index in [1.165, 1.54) is 0 Å². The molecule has 0 aliphatic carbocycles. The molecule has 0 unspecified atom stereocenters. The van der Waals surface area contributed by atoms with Crippen LogP contribution in [0.4, 0.5) is 0 Å². The van der Waals surface area contributed by atoms with Crippen LogP contribution in [-0.2, 0) is 4.79 Å². The molecule has 0 aromatic heterocycles. The predicted octanol–water partition coefficient (Wildman–Crippen LogP) is 2.65. The van der Waals surface area contributed by atoms with Crippen LogP contribution in [0.3, 0.4) is 0 Å². The first kappa shape index (κ1) is 11.6. The van der Waals surface area contributed by atoms with E-state index in [0.717, 1.165) is 5.56 Å². The summed E-state index contributed by atoms with van der Waals surface area (Å²) < 4.78 is 11.3. The van der Waals surface area contributed by atoms with Gasteiger partial charge in [-0.3, -0.25) is 0 Å². The van der Waals surface area contributed by atoms with Gasteiger partial charge in [-0.25, -0.2) is 4.79 Å². The van der Waals surface area contributed by atoms with E-state index in [4.69, 9.17) is 9.47 Å². The summed E-state index contributed by atoms with van der Waals surface area (Å²) >= 11 is 0. The number of carbonyl (C=O) groups is 1. The van der Waals surface area contributed by atoms with Crippen molar-refractivity contribution in [1.29, 1.82) is 0 Å². The Labute approximate surface area is 110 Å². The smallest absolute Gasteiger partial charge is 0.349 e. The maximum Gasteiger partial charge on any atom is 0.349 e. The molecular weight excluding hydrogens is 244 g/mol. The second kappa shape index (κ2) is 4.65. The van der Waals surface area contributed by atoms with E-state index in [9.17, 15) is 9.90 Å². The molecule has 2 atom stereocenters. The molecule has 1 heterocycles. The Morgan fingerprint density at radius 1 is 0.895 bits per heavy atom.